The van der Waals surface area contributed by atoms with E-state index in [1.54, 1.807) is 6.20 Å². The summed E-state index contributed by atoms with van der Waals surface area (Å²) in [7, 11) is 0. The Balaban J connectivity index is 1.92. The molecule has 0 saturated carbocycles. The van der Waals surface area contributed by atoms with E-state index in [-0.39, 0.29) is 5.92 Å². The van der Waals surface area contributed by atoms with Gasteiger partial charge in [-0.25, -0.2) is 4.99 Å². The number of guanidine groups is 1. The third-order valence-electron chi connectivity index (χ3n) is 3.74. The highest BCUT2D eigenvalue weighted by Crippen LogP contribution is 2.40. The molecule has 3 aliphatic rings. The molecule has 3 atom stereocenters. The molecule has 1 saturated heterocycles. The molecule has 0 spiro atoms. The Labute approximate surface area is 106 Å². The van der Waals surface area contributed by atoms with Gasteiger partial charge in [0.1, 0.15) is 5.66 Å². The first-order valence-corrected chi connectivity index (χ1v) is 6.29. The molecule has 0 aromatic rings. The van der Waals surface area contributed by atoms with Crippen LogP contribution in [0.1, 0.15) is 12.8 Å². The van der Waals surface area contributed by atoms with Crippen molar-refractivity contribution in [3.63, 3.8) is 0 Å². The van der Waals surface area contributed by atoms with Crippen molar-refractivity contribution in [2.45, 2.75) is 18.5 Å². The van der Waals surface area contributed by atoms with Gasteiger partial charge in [-0.1, -0.05) is 12.2 Å². The maximum atomic E-state index is 6.40. The number of nitrogens with two attached hydrogens (primary N) is 2. The SMILES string of the molecule is NC1=NC(N)(C2C=CC=C3OCCCC32)C=CN1. The monoisotopic (exact) mass is 246 g/mol. The summed E-state index contributed by atoms with van der Waals surface area (Å²) < 4.78 is 5.71. The number of rotatable bonds is 1. The second kappa shape index (κ2) is 4.17. The van der Waals surface area contributed by atoms with Crippen LogP contribution in [-0.2, 0) is 4.74 Å². The molecule has 0 bridgehead atoms. The maximum Gasteiger partial charge on any atom is 0.194 e. The molecule has 3 unspecified atom stereocenters. The third-order valence-corrected chi connectivity index (χ3v) is 3.74. The minimum Gasteiger partial charge on any atom is -0.498 e. The van der Waals surface area contributed by atoms with Crippen LogP contribution < -0.4 is 16.8 Å². The highest BCUT2D eigenvalue weighted by atomic mass is 16.5. The Bertz CT molecular complexity index is 466. The lowest BCUT2D eigenvalue weighted by Gasteiger charge is -2.40. The van der Waals surface area contributed by atoms with E-state index >= 15 is 0 Å². The number of aliphatic imine (C=N–C) groups is 1. The molecule has 96 valence electrons. The van der Waals surface area contributed by atoms with Crippen LogP contribution in [0.15, 0.2) is 41.3 Å². The summed E-state index contributed by atoms with van der Waals surface area (Å²) in [5.74, 6) is 1.78. The van der Waals surface area contributed by atoms with E-state index in [4.69, 9.17) is 16.2 Å². The number of nitrogens with zero attached hydrogens (tertiary/aromatic N) is 1. The van der Waals surface area contributed by atoms with Gasteiger partial charge in [-0.3, -0.25) is 0 Å². The molecule has 3 rings (SSSR count). The highest BCUT2D eigenvalue weighted by Gasteiger charge is 2.41. The average Bonchev–Trinajstić information content (AvgIpc) is 2.38. The molecule has 1 aliphatic carbocycles. The van der Waals surface area contributed by atoms with Crippen LogP contribution in [0.25, 0.3) is 0 Å². The predicted molar refractivity (Wildman–Crippen MR) is 70.2 cm³/mol. The maximum absolute atomic E-state index is 6.40. The lowest BCUT2D eigenvalue weighted by molar-refractivity contribution is 0.0947. The van der Waals surface area contributed by atoms with Crippen LogP contribution in [0, 0.1) is 11.8 Å². The molecule has 5 N–H and O–H groups in total. The summed E-state index contributed by atoms with van der Waals surface area (Å²) in [5, 5.41) is 2.85. The van der Waals surface area contributed by atoms with Gasteiger partial charge < -0.3 is 21.5 Å². The minimum atomic E-state index is -0.781. The number of nitrogens with one attached hydrogen (secondary N) is 1. The Hall–Kier alpha value is -1.75. The second-order valence-electron chi connectivity index (χ2n) is 4.94. The Morgan fingerprint density at radius 2 is 2.39 bits per heavy atom. The second-order valence-corrected chi connectivity index (χ2v) is 4.94. The van der Waals surface area contributed by atoms with Crippen molar-refractivity contribution in [1.29, 1.82) is 0 Å². The Morgan fingerprint density at radius 1 is 1.50 bits per heavy atom. The van der Waals surface area contributed by atoms with E-state index in [0.29, 0.717) is 11.9 Å². The van der Waals surface area contributed by atoms with E-state index in [2.05, 4.69) is 16.4 Å². The average molecular weight is 246 g/mol. The normalized spacial score (nSPS) is 38.1. The largest absolute Gasteiger partial charge is 0.498 e. The van der Waals surface area contributed by atoms with Crippen LogP contribution in [0.3, 0.4) is 0 Å². The van der Waals surface area contributed by atoms with Gasteiger partial charge in [-0.05, 0) is 25.0 Å². The molecule has 0 aromatic carbocycles. The fourth-order valence-corrected chi connectivity index (χ4v) is 2.88. The van der Waals surface area contributed by atoms with Crippen molar-refractivity contribution in [3.05, 3.63) is 36.3 Å². The van der Waals surface area contributed by atoms with E-state index in [1.807, 2.05) is 18.2 Å². The van der Waals surface area contributed by atoms with Gasteiger partial charge in [-0.15, -0.1) is 0 Å². The number of allylic oxidation sites excluding steroid dienone is 3. The molecule has 5 nitrogen and oxygen atoms in total. The van der Waals surface area contributed by atoms with Crippen LogP contribution >= 0.6 is 0 Å². The number of hydrogen-bond acceptors (Lipinski definition) is 5. The molecule has 18 heavy (non-hydrogen) atoms. The van der Waals surface area contributed by atoms with Crippen molar-refractivity contribution in [2.75, 3.05) is 6.61 Å². The summed E-state index contributed by atoms with van der Waals surface area (Å²) in [6.45, 7) is 0.795. The van der Waals surface area contributed by atoms with Crippen molar-refractivity contribution in [2.24, 2.45) is 28.3 Å². The zero-order chi connectivity index (χ0) is 12.6. The van der Waals surface area contributed by atoms with Crippen molar-refractivity contribution in [3.8, 4) is 0 Å². The number of ether oxygens (including phenoxy) is 1. The van der Waals surface area contributed by atoms with Gasteiger partial charge in [0.25, 0.3) is 0 Å². The molecule has 5 heteroatoms. The topological polar surface area (TPSA) is 85.7 Å². The van der Waals surface area contributed by atoms with Crippen LogP contribution in [0.4, 0.5) is 0 Å². The first kappa shape index (κ1) is 11.3. The van der Waals surface area contributed by atoms with Crippen LogP contribution in [0.5, 0.6) is 0 Å². The highest BCUT2D eigenvalue weighted by molar-refractivity contribution is 5.80. The zero-order valence-electron chi connectivity index (χ0n) is 10.2. The van der Waals surface area contributed by atoms with Crippen LogP contribution in [-0.4, -0.2) is 18.2 Å². The van der Waals surface area contributed by atoms with Crippen LogP contribution in [0.2, 0.25) is 0 Å². The molecule has 0 aromatic heterocycles. The lowest BCUT2D eigenvalue weighted by atomic mass is 9.75. The fraction of sp³-hybridized carbons (Fsp3) is 0.462. The van der Waals surface area contributed by atoms with Gasteiger partial charge in [0.15, 0.2) is 5.96 Å². The smallest absolute Gasteiger partial charge is 0.194 e. The van der Waals surface area contributed by atoms with Crippen molar-refractivity contribution < 1.29 is 4.74 Å². The zero-order valence-corrected chi connectivity index (χ0v) is 10.2. The molecule has 2 heterocycles. The third kappa shape index (κ3) is 1.80. The Kier molecular flexibility index (Phi) is 2.63. The van der Waals surface area contributed by atoms with Gasteiger partial charge in [0.2, 0.25) is 0 Å². The number of hydrogen-bond donors (Lipinski definition) is 3. The van der Waals surface area contributed by atoms with E-state index < -0.39 is 5.66 Å². The standard InChI is InChI=1S/C13H18N4O/c14-12-16-7-6-13(15,17-12)10-4-1-5-11-9(10)3-2-8-18-11/h1,4-7,9-10H,2-3,8,15H2,(H3,14,16,17). The van der Waals surface area contributed by atoms with E-state index in [0.717, 1.165) is 25.2 Å². The summed E-state index contributed by atoms with van der Waals surface area (Å²) in [6, 6.07) is 0. The first-order valence-electron chi connectivity index (χ1n) is 6.29. The fourth-order valence-electron chi connectivity index (χ4n) is 2.88. The molecule has 2 aliphatic heterocycles. The summed E-state index contributed by atoms with van der Waals surface area (Å²) in [4.78, 5) is 4.37. The van der Waals surface area contributed by atoms with Gasteiger partial charge in [0.05, 0.1) is 12.4 Å². The van der Waals surface area contributed by atoms with Crippen molar-refractivity contribution in [1.82, 2.24) is 5.32 Å². The molecule has 0 radical (unpaired) electrons. The van der Waals surface area contributed by atoms with Gasteiger partial charge in [0, 0.05) is 18.0 Å². The summed E-state index contributed by atoms with van der Waals surface area (Å²) >= 11 is 0. The lowest BCUT2D eigenvalue weighted by Crippen LogP contribution is -2.52. The molecular weight excluding hydrogens is 228 g/mol. The van der Waals surface area contributed by atoms with Crippen molar-refractivity contribution >= 4 is 5.96 Å². The first-order chi connectivity index (χ1) is 8.69. The molecule has 1 fully saturated rings. The number of fused-ring (bicyclic) bond motifs is 1. The quantitative estimate of drug-likeness (QED) is 0.631. The Morgan fingerprint density at radius 3 is 3.22 bits per heavy atom. The van der Waals surface area contributed by atoms with Gasteiger partial charge >= 0.3 is 0 Å². The molecular formula is C13H18N4O. The minimum absolute atomic E-state index is 0.0923. The van der Waals surface area contributed by atoms with E-state index in [9.17, 15) is 0 Å². The predicted octanol–water partition coefficient (Wildman–Crippen LogP) is 0.569. The summed E-state index contributed by atoms with van der Waals surface area (Å²) in [5.41, 5.74) is 11.3. The van der Waals surface area contributed by atoms with E-state index in [1.165, 1.54) is 0 Å². The summed E-state index contributed by atoms with van der Waals surface area (Å²) in [6.07, 6.45) is 11.9. The van der Waals surface area contributed by atoms with Gasteiger partial charge in [-0.2, -0.15) is 0 Å². The molecule has 0 amide bonds.